The van der Waals surface area contributed by atoms with Crippen molar-refractivity contribution in [3.8, 4) is 5.75 Å². The fraction of sp³-hybridized carbons (Fsp3) is 0.368. The predicted molar refractivity (Wildman–Crippen MR) is 89.8 cm³/mol. The second-order valence-corrected chi connectivity index (χ2v) is 6.15. The molecule has 0 saturated carbocycles. The Labute approximate surface area is 127 Å². The SMILES string of the molecule is COCC(C)(C)C/C=C\c1cc2ccccc2cc1OC. The van der Waals surface area contributed by atoms with Gasteiger partial charge < -0.3 is 9.47 Å². The van der Waals surface area contributed by atoms with Crippen LogP contribution in [0.5, 0.6) is 5.75 Å². The fourth-order valence-corrected chi connectivity index (χ4v) is 2.50. The Balaban J connectivity index is 2.24. The van der Waals surface area contributed by atoms with E-state index in [1.165, 1.54) is 10.8 Å². The van der Waals surface area contributed by atoms with E-state index < -0.39 is 0 Å². The molecule has 0 atom stereocenters. The van der Waals surface area contributed by atoms with Gasteiger partial charge in [0.2, 0.25) is 0 Å². The summed E-state index contributed by atoms with van der Waals surface area (Å²) in [5.41, 5.74) is 1.26. The van der Waals surface area contributed by atoms with Gasteiger partial charge in [-0.15, -0.1) is 0 Å². The van der Waals surface area contributed by atoms with Gasteiger partial charge >= 0.3 is 0 Å². The molecule has 2 heteroatoms. The van der Waals surface area contributed by atoms with Crippen LogP contribution in [-0.2, 0) is 4.74 Å². The Kier molecular flexibility index (Phi) is 5.03. The molecule has 2 aromatic rings. The van der Waals surface area contributed by atoms with Gasteiger partial charge in [-0.3, -0.25) is 0 Å². The van der Waals surface area contributed by atoms with Crippen LogP contribution in [0.1, 0.15) is 25.8 Å². The highest BCUT2D eigenvalue weighted by molar-refractivity contribution is 5.87. The fourth-order valence-electron chi connectivity index (χ4n) is 2.50. The lowest BCUT2D eigenvalue weighted by Gasteiger charge is -2.21. The Morgan fingerprint density at radius 2 is 1.71 bits per heavy atom. The molecule has 2 aromatic carbocycles. The van der Waals surface area contributed by atoms with E-state index in [1.807, 2.05) is 6.07 Å². The molecule has 0 aliphatic rings. The van der Waals surface area contributed by atoms with Gasteiger partial charge in [0.25, 0.3) is 0 Å². The summed E-state index contributed by atoms with van der Waals surface area (Å²) in [6.07, 6.45) is 5.31. The van der Waals surface area contributed by atoms with Gasteiger partial charge in [0.05, 0.1) is 13.7 Å². The first kappa shape index (κ1) is 15.6. The maximum Gasteiger partial charge on any atom is 0.126 e. The molecular formula is C19H24O2. The summed E-state index contributed by atoms with van der Waals surface area (Å²) < 4.78 is 10.8. The first-order valence-electron chi connectivity index (χ1n) is 7.28. The van der Waals surface area contributed by atoms with Crippen LogP contribution in [0.15, 0.2) is 42.5 Å². The number of fused-ring (bicyclic) bond motifs is 1. The summed E-state index contributed by atoms with van der Waals surface area (Å²) in [6, 6.07) is 12.6. The second-order valence-electron chi connectivity index (χ2n) is 6.15. The van der Waals surface area contributed by atoms with E-state index in [0.29, 0.717) is 0 Å². The van der Waals surface area contributed by atoms with E-state index in [9.17, 15) is 0 Å². The molecule has 0 saturated heterocycles. The van der Waals surface area contributed by atoms with Gasteiger partial charge in [-0.1, -0.05) is 50.3 Å². The average molecular weight is 284 g/mol. The average Bonchev–Trinajstić information content (AvgIpc) is 2.46. The molecule has 0 aromatic heterocycles. The minimum Gasteiger partial charge on any atom is -0.496 e. The van der Waals surface area contributed by atoms with Gasteiger partial charge in [0.15, 0.2) is 0 Å². The lowest BCUT2D eigenvalue weighted by atomic mass is 9.90. The molecule has 0 amide bonds. The first-order chi connectivity index (χ1) is 10.1. The molecule has 0 N–H and O–H groups in total. The highest BCUT2D eigenvalue weighted by Crippen LogP contribution is 2.28. The monoisotopic (exact) mass is 284 g/mol. The second kappa shape index (κ2) is 6.77. The maximum absolute atomic E-state index is 5.51. The molecule has 0 radical (unpaired) electrons. The van der Waals surface area contributed by atoms with Crippen molar-refractivity contribution in [3.05, 3.63) is 48.0 Å². The van der Waals surface area contributed by atoms with Gasteiger partial charge in [-0.25, -0.2) is 0 Å². The van der Waals surface area contributed by atoms with E-state index in [1.54, 1.807) is 14.2 Å². The number of hydrogen-bond donors (Lipinski definition) is 0. The summed E-state index contributed by atoms with van der Waals surface area (Å²) in [7, 11) is 3.47. The molecule has 0 spiro atoms. The number of allylic oxidation sites excluding steroid dienone is 1. The van der Waals surface area contributed by atoms with Crippen molar-refractivity contribution in [2.24, 2.45) is 5.41 Å². The Morgan fingerprint density at radius 3 is 2.33 bits per heavy atom. The zero-order valence-electron chi connectivity index (χ0n) is 13.3. The van der Waals surface area contributed by atoms with E-state index in [4.69, 9.17) is 9.47 Å². The van der Waals surface area contributed by atoms with Crippen molar-refractivity contribution >= 4 is 16.8 Å². The van der Waals surface area contributed by atoms with Crippen LogP contribution >= 0.6 is 0 Å². The highest BCUT2D eigenvalue weighted by atomic mass is 16.5. The van der Waals surface area contributed by atoms with Crippen LogP contribution < -0.4 is 4.74 Å². The first-order valence-corrected chi connectivity index (χ1v) is 7.28. The smallest absolute Gasteiger partial charge is 0.126 e. The normalized spacial score (nSPS) is 12.2. The molecule has 21 heavy (non-hydrogen) atoms. The molecular weight excluding hydrogens is 260 g/mol. The van der Waals surface area contributed by atoms with Gasteiger partial charge in [-0.2, -0.15) is 0 Å². The maximum atomic E-state index is 5.51. The number of methoxy groups -OCH3 is 2. The summed E-state index contributed by atoms with van der Waals surface area (Å²) in [6.45, 7) is 5.17. The summed E-state index contributed by atoms with van der Waals surface area (Å²) >= 11 is 0. The number of hydrogen-bond acceptors (Lipinski definition) is 2. The lowest BCUT2D eigenvalue weighted by Crippen LogP contribution is -2.16. The molecule has 0 aliphatic carbocycles. The molecule has 112 valence electrons. The number of benzene rings is 2. The zero-order valence-corrected chi connectivity index (χ0v) is 13.3. The number of ether oxygens (including phenoxy) is 2. The minimum absolute atomic E-state index is 0.148. The zero-order chi connectivity index (χ0) is 15.3. The van der Waals surface area contributed by atoms with Crippen LogP contribution in [0.25, 0.3) is 16.8 Å². The van der Waals surface area contributed by atoms with Crippen LogP contribution in [-0.4, -0.2) is 20.8 Å². The van der Waals surface area contributed by atoms with E-state index in [-0.39, 0.29) is 5.41 Å². The summed E-state index contributed by atoms with van der Waals surface area (Å²) in [4.78, 5) is 0. The van der Waals surface area contributed by atoms with Crippen molar-refractivity contribution < 1.29 is 9.47 Å². The van der Waals surface area contributed by atoms with E-state index in [0.717, 1.165) is 24.3 Å². The Morgan fingerprint density at radius 1 is 1.05 bits per heavy atom. The predicted octanol–water partition coefficient (Wildman–Crippen LogP) is 4.92. The van der Waals surface area contributed by atoms with Crippen LogP contribution in [0.2, 0.25) is 0 Å². The largest absolute Gasteiger partial charge is 0.496 e. The standard InChI is InChI=1S/C19H24O2/c1-19(2,14-20-3)11-7-10-17-12-15-8-5-6-9-16(15)13-18(17)21-4/h5-10,12-13H,11,14H2,1-4H3/b10-7-. The minimum atomic E-state index is 0.148. The third-order valence-corrected chi connectivity index (χ3v) is 3.60. The van der Waals surface area contributed by atoms with Gasteiger partial charge in [0.1, 0.15) is 5.75 Å². The molecule has 0 aliphatic heterocycles. The number of rotatable bonds is 6. The molecule has 0 unspecified atom stereocenters. The molecule has 0 fully saturated rings. The topological polar surface area (TPSA) is 18.5 Å². The quantitative estimate of drug-likeness (QED) is 0.749. The van der Waals surface area contributed by atoms with Gasteiger partial charge in [0, 0.05) is 12.7 Å². The lowest BCUT2D eigenvalue weighted by molar-refractivity contribution is 0.106. The van der Waals surface area contributed by atoms with E-state index in [2.05, 4.69) is 56.3 Å². The third kappa shape index (κ3) is 4.08. The van der Waals surface area contributed by atoms with Crippen molar-refractivity contribution in [2.75, 3.05) is 20.8 Å². The van der Waals surface area contributed by atoms with Crippen molar-refractivity contribution in [3.63, 3.8) is 0 Å². The molecule has 2 nitrogen and oxygen atoms in total. The van der Waals surface area contributed by atoms with Crippen LogP contribution in [0.4, 0.5) is 0 Å². The van der Waals surface area contributed by atoms with Gasteiger partial charge in [-0.05, 0) is 34.7 Å². The van der Waals surface area contributed by atoms with Crippen LogP contribution in [0.3, 0.4) is 0 Å². The Hall–Kier alpha value is -1.80. The van der Waals surface area contributed by atoms with Crippen LogP contribution in [0, 0.1) is 5.41 Å². The Bertz CT molecular complexity index is 626. The highest BCUT2D eigenvalue weighted by Gasteiger charge is 2.15. The molecule has 0 bridgehead atoms. The van der Waals surface area contributed by atoms with Crippen molar-refractivity contribution in [2.45, 2.75) is 20.3 Å². The van der Waals surface area contributed by atoms with Crippen molar-refractivity contribution in [1.82, 2.24) is 0 Å². The summed E-state index contributed by atoms with van der Waals surface area (Å²) in [5.74, 6) is 0.912. The third-order valence-electron chi connectivity index (χ3n) is 3.60. The molecule has 2 rings (SSSR count). The summed E-state index contributed by atoms with van der Waals surface area (Å²) in [5, 5.41) is 2.43. The van der Waals surface area contributed by atoms with Crippen molar-refractivity contribution in [1.29, 1.82) is 0 Å². The van der Waals surface area contributed by atoms with E-state index >= 15 is 0 Å². The molecule has 0 heterocycles.